The smallest absolute Gasteiger partial charge is 0.408 e. The fraction of sp³-hybridized carbons (Fsp3) is 0.800. The van der Waals surface area contributed by atoms with Gasteiger partial charge in [-0.05, 0) is 29.8 Å². The molecule has 0 atom stereocenters. The first-order valence-electron chi connectivity index (χ1n) is 2.55. The largest absolute Gasteiger partial charge is 0.432 e. The highest BCUT2D eigenvalue weighted by Crippen LogP contribution is 2.16. The Morgan fingerprint density at radius 3 is 2.22 bits per heavy atom. The van der Waals surface area contributed by atoms with Gasteiger partial charge in [-0.15, -0.1) is 0 Å². The van der Waals surface area contributed by atoms with Crippen LogP contribution >= 0.6 is 15.9 Å². The number of ether oxygens (including phenoxy) is 1. The zero-order valence-electron chi connectivity index (χ0n) is 5.69. The van der Waals surface area contributed by atoms with E-state index in [1.807, 2.05) is 0 Å². The summed E-state index contributed by atoms with van der Waals surface area (Å²) >= 11 is 3.14. The Balaban J connectivity index is 3.60. The van der Waals surface area contributed by atoms with Gasteiger partial charge in [0.15, 0.2) is 4.51 Å². The van der Waals surface area contributed by atoms with Crippen molar-refractivity contribution in [1.29, 1.82) is 0 Å². The first kappa shape index (κ1) is 8.75. The van der Waals surface area contributed by atoms with E-state index < -0.39 is 10.6 Å². The van der Waals surface area contributed by atoms with Gasteiger partial charge < -0.3 is 10.1 Å². The molecule has 0 radical (unpaired) electrons. The van der Waals surface area contributed by atoms with Gasteiger partial charge in [0, 0.05) is 7.05 Å². The van der Waals surface area contributed by atoms with Crippen LogP contribution in [0.15, 0.2) is 0 Å². The van der Waals surface area contributed by atoms with Crippen molar-refractivity contribution in [3.8, 4) is 0 Å². The quantitative estimate of drug-likeness (QED) is 0.645. The summed E-state index contributed by atoms with van der Waals surface area (Å²) in [5.41, 5.74) is 0. The monoisotopic (exact) mass is 195 g/mol. The summed E-state index contributed by atoms with van der Waals surface area (Å²) in [6, 6.07) is 0. The number of nitrogens with one attached hydrogen (secondary N) is 1. The molecular weight excluding hydrogens is 186 g/mol. The summed E-state index contributed by atoms with van der Waals surface area (Å²) in [5, 5.41) is 2.33. The maximum atomic E-state index is 10.5. The van der Waals surface area contributed by atoms with Crippen LogP contribution in [-0.4, -0.2) is 17.7 Å². The van der Waals surface area contributed by atoms with Gasteiger partial charge in [-0.2, -0.15) is 0 Å². The average molecular weight is 196 g/mol. The third kappa shape index (κ3) is 5.62. The summed E-state index contributed by atoms with van der Waals surface area (Å²) in [6.45, 7) is 3.48. The van der Waals surface area contributed by atoms with Crippen LogP contribution in [0.4, 0.5) is 4.79 Å². The normalized spacial score (nSPS) is 10.7. The molecule has 0 aromatic carbocycles. The van der Waals surface area contributed by atoms with Crippen molar-refractivity contribution >= 4 is 22.0 Å². The molecule has 0 aromatic heterocycles. The molecule has 0 unspecified atom stereocenters. The molecule has 1 N–H and O–H groups in total. The highest BCUT2D eigenvalue weighted by atomic mass is 79.9. The SMILES string of the molecule is CNC(=O)OC(C)(C)Br. The summed E-state index contributed by atoms with van der Waals surface area (Å²) in [5.74, 6) is 0. The number of alkyl carbamates (subject to hydrolysis) is 1. The molecule has 0 aliphatic heterocycles. The van der Waals surface area contributed by atoms with E-state index in [1.54, 1.807) is 13.8 Å². The first-order chi connectivity index (χ1) is 3.95. The Morgan fingerprint density at radius 2 is 2.11 bits per heavy atom. The molecule has 0 aliphatic rings. The molecule has 1 amide bonds. The van der Waals surface area contributed by atoms with Gasteiger partial charge in [-0.25, -0.2) is 4.79 Å². The molecule has 54 valence electrons. The van der Waals surface area contributed by atoms with Crippen molar-refractivity contribution in [2.75, 3.05) is 7.05 Å². The van der Waals surface area contributed by atoms with Crippen molar-refractivity contribution < 1.29 is 9.53 Å². The Bertz CT molecular complexity index is 108. The molecule has 0 bridgehead atoms. The van der Waals surface area contributed by atoms with E-state index in [0.717, 1.165) is 0 Å². The Kier molecular flexibility index (Phi) is 2.97. The van der Waals surface area contributed by atoms with Gasteiger partial charge in [-0.3, -0.25) is 0 Å². The zero-order chi connectivity index (χ0) is 7.49. The summed E-state index contributed by atoms with van der Waals surface area (Å²) < 4.78 is 4.18. The van der Waals surface area contributed by atoms with Crippen LogP contribution in [-0.2, 0) is 4.74 Å². The van der Waals surface area contributed by atoms with Crippen molar-refractivity contribution in [1.82, 2.24) is 5.32 Å². The maximum Gasteiger partial charge on any atom is 0.408 e. The minimum absolute atomic E-state index is 0.433. The van der Waals surface area contributed by atoms with Crippen LogP contribution in [0.3, 0.4) is 0 Å². The third-order valence-electron chi connectivity index (χ3n) is 0.540. The molecule has 0 heterocycles. The lowest BCUT2D eigenvalue weighted by molar-refractivity contribution is 0.103. The molecule has 0 rings (SSSR count). The lowest BCUT2D eigenvalue weighted by Crippen LogP contribution is -2.27. The van der Waals surface area contributed by atoms with Crippen molar-refractivity contribution in [2.45, 2.75) is 18.4 Å². The van der Waals surface area contributed by atoms with Gasteiger partial charge in [0.25, 0.3) is 0 Å². The number of rotatable bonds is 1. The van der Waals surface area contributed by atoms with Crippen LogP contribution in [0.2, 0.25) is 0 Å². The minimum atomic E-state index is -0.576. The number of hydrogen-bond donors (Lipinski definition) is 1. The molecule has 3 nitrogen and oxygen atoms in total. The fourth-order valence-electron chi connectivity index (χ4n) is 0.271. The van der Waals surface area contributed by atoms with E-state index in [4.69, 9.17) is 4.74 Å². The third-order valence-corrected chi connectivity index (χ3v) is 0.701. The van der Waals surface area contributed by atoms with Crippen LogP contribution in [0.1, 0.15) is 13.8 Å². The Hall–Kier alpha value is -0.250. The van der Waals surface area contributed by atoms with Crippen LogP contribution in [0.5, 0.6) is 0 Å². The van der Waals surface area contributed by atoms with Gasteiger partial charge in [0.05, 0.1) is 0 Å². The highest BCUT2D eigenvalue weighted by molar-refractivity contribution is 9.10. The molecule has 0 saturated heterocycles. The van der Waals surface area contributed by atoms with E-state index in [9.17, 15) is 4.79 Å². The lowest BCUT2D eigenvalue weighted by Gasteiger charge is -2.16. The number of alkyl halides is 1. The molecule has 0 saturated carbocycles. The molecular formula is C5H10BrNO2. The van der Waals surface area contributed by atoms with Crippen molar-refractivity contribution in [2.24, 2.45) is 0 Å². The second kappa shape index (κ2) is 3.06. The van der Waals surface area contributed by atoms with Gasteiger partial charge in [0.1, 0.15) is 0 Å². The summed E-state index contributed by atoms with van der Waals surface area (Å²) in [7, 11) is 1.51. The second-order valence-electron chi connectivity index (χ2n) is 2.00. The van der Waals surface area contributed by atoms with Crippen LogP contribution in [0, 0.1) is 0 Å². The predicted octanol–water partition coefficient (Wildman–Crippen LogP) is 1.47. The standard InChI is InChI=1S/C5H10BrNO2/c1-5(2,6)9-4(8)7-3/h1-3H3,(H,7,8). The number of carbonyl (C=O) groups excluding carboxylic acids is 1. The fourth-order valence-corrected chi connectivity index (χ4v) is 0.418. The molecule has 9 heavy (non-hydrogen) atoms. The van der Waals surface area contributed by atoms with Gasteiger partial charge >= 0.3 is 6.09 Å². The minimum Gasteiger partial charge on any atom is -0.432 e. The Labute approximate surface area is 62.9 Å². The van der Waals surface area contributed by atoms with E-state index in [0.29, 0.717) is 0 Å². The zero-order valence-corrected chi connectivity index (χ0v) is 7.28. The number of hydrogen-bond acceptors (Lipinski definition) is 2. The van der Waals surface area contributed by atoms with Crippen molar-refractivity contribution in [3.05, 3.63) is 0 Å². The van der Waals surface area contributed by atoms with Gasteiger partial charge in [-0.1, -0.05) is 0 Å². The van der Waals surface area contributed by atoms with Crippen LogP contribution in [0.25, 0.3) is 0 Å². The number of carbonyl (C=O) groups is 1. The average Bonchev–Trinajstić information content (AvgIpc) is 1.62. The number of halogens is 1. The summed E-state index contributed by atoms with van der Waals surface area (Å²) in [4.78, 5) is 10.5. The van der Waals surface area contributed by atoms with E-state index in [1.165, 1.54) is 7.05 Å². The van der Waals surface area contributed by atoms with Gasteiger partial charge in [0.2, 0.25) is 0 Å². The summed E-state index contributed by atoms with van der Waals surface area (Å²) in [6.07, 6.45) is -0.433. The van der Waals surface area contributed by atoms with E-state index in [2.05, 4.69) is 21.2 Å². The van der Waals surface area contributed by atoms with Crippen molar-refractivity contribution in [3.63, 3.8) is 0 Å². The highest BCUT2D eigenvalue weighted by Gasteiger charge is 2.16. The first-order valence-corrected chi connectivity index (χ1v) is 3.34. The van der Waals surface area contributed by atoms with E-state index >= 15 is 0 Å². The second-order valence-corrected chi connectivity index (χ2v) is 3.91. The lowest BCUT2D eigenvalue weighted by atomic mass is 10.5. The molecule has 4 heteroatoms. The predicted molar refractivity (Wildman–Crippen MR) is 38.5 cm³/mol. The maximum absolute atomic E-state index is 10.5. The molecule has 0 spiro atoms. The Morgan fingerprint density at radius 1 is 1.67 bits per heavy atom. The molecule has 0 fully saturated rings. The number of amides is 1. The van der Waals surface area contributed by atoms with Crippen LogP contribution < -0.4 is 5.32 Å². The van der Waals surface area contributed by atoms with E-state index in [-0.39, 0.29) is 0 Å². The topological polar surface area (TPSA) is 38.3 Å². The molecule has 0 aromatic rings. The molecule has 0 aliphatic carbocycles.